The Labute approximate surface area is 118 Å². The highest BCUT2D eigenvalue weighted by molar-refractivity contribution is 5.95. The topological polar surface area (TPSA) is 44.1 Å². The summed E-state index contributed by atoms with van der Waals surface area (Å²) < 4.78 is 0. The maximum absolute atomic E-state index is 12.6. The molecule has 20 heavy (non-hydrogen) atoms. The molecule has 1 heterocycles. The second-order valence-corrected chi connectivity index (χ2v) is 5.16. The van der Waals surface area contributed by atoms with Crippen LogP contribution in [0.2, 0.25) is 0 Å². The molecule has 0 saturated carbocycles. The first-order chi connectivity index (χ1) is 9.81. The van der Waals surface area contributed by atoms with Crippen LogP contribution in [0, 0.1) is 11.3 Å². The van der Waals surface area contributed by atoms with Crippen molar-refractivity contribution in [1.82, 2.24) is 4.90 Å². The van der Waals surface area contributed by atoms with Crippen molar-refractivity contribution >= 4 is 12.0 Å². The Morgan fingerprint density at radius 1 is 1.30 bits per heavy atom. The summed E-state index contributed by atoms with van der Waals surface area (Å²) in [6, 6.07) is 9.47. The molecule has 1 amide bonds. The Bertz CT molecular complexity index is 637. The fourth-order valence-corrected chi connectivity index (χ4v) is 2.82. The average molecular weight is 264 g/mol. The first-order valence-electron chi connectivity index (χ1n) is 6.99. The highest BCUT2D eigenvalue weighted by atomic mass is 16.2. The normalized spacial score (nSPS) is 20.9. The molecular formula is C17H16N2O. The molecule has 1 aliphatic heterocycles. The molecule has 0 fully saturated rings. The lowest BCUT2D eigenvalue weighted by Crippen LogP contribution is -2.33. The molecular weight excluding hydrogens is 248 g/mol. The first-order valence-corrected chi connectivity index (χ1v) is 6.99. The third kappa shape index (κ3) is 2.14. The minimum Gasteiger partial charge on any atom is -0.295 e. The Balaban J connectivity index is 1.94. The third-order valence-electron chi connectivity index (χ3n) is 3.91. The van der Waals surface area contributed by atoms with E-state index in [0.717, 1.165) is 42.4 Å². The molecule has 3 nitrogen and oxygen atoms in total. The molecule has 0 radical (unpaired) electrons. The monoisotopic (exact) mass is 264 g/mol. The molecule has 0 spiro atoms. The quantitative estimate of drug-likeness (QED) is 0.778. The second-order valence-electron chi connectivity index (χ2n) is 5.16. The molecule has 1 aromatic carbocycles. The largest absolute Gasteiger partial charge is 0.295 e. The van der Waals surface area contributed by atoms with Crippen molar-refractivity contribution in [1.29, 1.82) is 5.26 Å². The summed E-state index contributed by atoms with van der Waals surface area (Å²) in [5.74, 6) is -0.0259. The lowest BCUT2D eigenvalue weighted by molar-refractivity contribution is -0.126. The zero-order valence-corrected chi connectivity index (χ0v) is 11.2. The Morgan fingerprint density at radius 3 is 2.90 bits per heavy atom. The molecule has 1 atom stereocenters. The van der Waals surface area contributed by atoms with Crippen LogP contribution in [0.15, 0.2) is 42.1 Å². The van der Waals surface area contributed by atoms with Crippen LogP contribution < -0.4 is 0 Å². The molecule has 1 aliphatic carbocycles. The van der Waals surface area contributed by atoms with Gasteiger partial charge in [0.1, 0.15) is 6.04 Å². The minimum absolute atomic E-state index is 0.0259. The average Bonchev–Trinajstić information content (AvgIpc) is 2.54. The van der Waals surface area contributed by atoms with Crippen molar-refractivity contribution in [2.24, 2.45) is 0 Å². The van der Waals surface area contributed by atoms with Gasteiger partial charge in [0, 0.05) is 11.8 Å². The van der Waals surface area contributed by atoms with Gasteiger partial charge in [0.15, 0.2) is 0 Å². The van der Waals surface area contributed by atoms with E-state index in [1.807, 2.05) is 36.4 Å². The molecule has 3 rings (SSSR count). The molecule has 0 saturated heterocycles. The van der Waals surface area contributed by atoms with E-state index in [1.165, 1.54) is 0 Å². The van der Waals surface area contributed by atoms with E-state index in [4.69, 9.17) is 0 Å². The number of carbonyl (C=O) groups is 1. The van der Waals surface area contributed by atoms with Gasteiger partial charge in [-0.3, -0.25) is 9.69 Å². The molecule has 0 N–H and O–H groups in total. The van der Waals surface area contributed by atoms with Crippen LogP contribution in [-0.2, 0) is 4.79 Å². The number of benzene rings is 1. The van der Waals surface area contributed by atoms with Crippen molar-refractivity contribution < 1.29 is 4.79 Å². The molecule has 0 unspecified atom stereocenters. The maximum Gasteiger partial charge on any atom is 0.254 e. The Hall–Kier alpha value is -2.34. The molecule has 100 valence electrons. The zero-order valence-electron chi connectivity index (χ0n) is 11.2. The van der Waals surface area contributed by atoms with Gasteiger partial charge in [0.25, 0.3) is 5.91 Å². The second kappa shape index (κ2) is 5.34. The highest BCUT2D eigenvalue weighted by Gasteiger charge is 2.29. The van der Waals surface area contributed by atoms with Gasteiger partial charge in [-0.25, -0.2) is 0 Å². The Morgan fingerprint density at radius 2 is 2.15 bits per heavy atom. The van der Waals surface area contributed by atoms with E-state index in [1.54, 1.807) is 11.1 Å². The van der Waals surface area contributed by atoms with Crippen LogP contribution in [0.5, 0.6) is 0 Å². The SMILES string of the molecule is N#C[C@@H]1c2ccccc2C=CN1C(=O)C1=CCCCC1. The summed E-state index contributed by atoms with van der Waals surface area (Å²) in [7, 11) is 0. The summed E-state index contributed by atoms with van der Waals surface area (Å²) in [5, 5.41) is 9.46. The summed E-state index contributed by atoms with van der Waals surface area (Å²) in [5.41, 5.74) is 2.77. The van der Waals surface area contributed by atoms with E-state index < -0.39 is 6.04 Å². The summed E-state index contributed by atoms with van der Waals surface area (Å²) in [6.45, 7) is 0. The van der Waals surface area contributed by atoms with Crippen LogP contribution >= 0.6 is 0 Å². The number of hydrogen-bond acceptors (Lipinski definition) is 2. The molecule has 0 bridgehead atoms. The first kappa shape index (κ1) is 12.7. The molecule has 1 aromatic rings. The lowest BCUT2D eigenvalue weighted by Gasteiger charge is -2.30. The van der Waals surface area contributed by atoms with Crippen molar-refractivity contribution in [3.8, 4) is 6.07 Å². The van der Waals surface area contributed by atoms with Crippen molar-refractivity contribution in [3.63, 3.8) is 0 Å². The van der Waals surface area contributed by atoms with Crippen LogP contribution in [-0.4, -0.2) is 10.8 Å². The predicted octanol–water partition coefficient (Wildman–Crippen LogP) is 3.56. The highest BCUT2D eigenvalue weighted by Crippen LogP contribution is 2.32. The van der Waals surface area contributed by atoms with Gasteiger partial charge in [-0.2, -0.15) is 5.26 Å². The number of rotatable bonds is 1. The van der Waals surface area contributed by atoms with Gasteiger partial charge in [-0.05, 0) is 42.9 Å². The number of fused-ring (bicyclic) bond motifs is 1. The van der Waals surface area contributed by atoms with Gasteiger partial charge in [-0.1, -0.05) is 30.3 Å². The number of amides is 1. The predicted molar refractivity (Wildman–Crippen MR) is 77.2 cm³/mol. The van der Waals surface area contributed by atoms with Crippen LogP contribution in [0.1, 0.15) is 42.9 Å². The van der Waals surface area contributed by atoms with E-state index in [-0.39, 0.29) is 5.91 Å². The fourth-order valence-electron chi connectivity index (χ4n) is 2.82. The number of allylic oxidation sites excluding steroid dienone is 1. The van der Waals surface area contributed by atoms with Gasteiger partial charge in [0.2, 0.25) is 0 Å². The van der Waals surface area contributed by atoms with E-state index in [0.29, 0.717) is 0 Å². The summed E-state index contributed by atoms with van der Waals surface area (Å²) in [6.07, 6.45) is 9.67. The van der Waals surface area contributed by atoms with Gasteiger partial charge < -0.3 is 0 Å². The Kier molecular flexibility index (Phi) is 3.39. The standard InChI is InChI=1S/C17H16N2O/c18-12-16-15-9-5-4-6-13(15)10-11-19(16)17(20)14-7-2-1-3-8-14/h4-7,9-11,16H,1-3,8H2/t16-/m1/s1. The number of nitrogens with zero attached hydrogens (tertiary/aromatic N) is 2. The van der Waals surface area contributed by atoms with E-state index >= 15 is 0 Å². The van der Waals surface area contributed by atoms with Gasteiger partial charge >= 0.3 is 0 Å². The van der Waals surface area contributed by atoms with Crippen molar-refractivity contribution in [3.05, 3.63) is 53.2 Å². The lowest BCUT2D eigenvalue weighted by atomic mass is 9.94. The third-order valence-corrected chi connectivity index (χ3v) is 3.91. The van der Waals surface area contributed by atoms with E-state index in [9.17, 15) is 10.1 Å². The summed E-state index contributed by atoms with van der Waals surface area (Å²) >= 11 is 0. The smallest absolute Gasteiger partial charge is 0.254 e. The number of carbonyl (C=O) groups excluding carboxylic acids is 1. The van der Waals surface area contributed by atoms with Gasteiger partial charge in [-0.15, -0.1) is 0 Å². The van der Waals surface area contributed by atoms with Crippen LogP contribution in [0.25, 0.3) is 6.08 Å². The fraction of sp³-hybridized carbons (Fsp3) is 0.294. The molecule has 3 heteroatoms. The molecule has 0 aromatic heterocycles. The van der Waals surface area contributed by atoms with Crippen molar-refractivity contribution in [2.75, 3.05) is 0 Å². The van der Waals surface area contributed by atoms with E-state index in [2.05, 4.69) is 6.07 Å². The van der Waals surface area contributed by atoms with Crippen LogP contribution in [0.4, 0.5) is 0 Å². The minimum atomic E-state index is -0.522. The van der Waals surface area contributed by atoms with Crippen molar-refractivity contribution in [2.45, 2.75) is 31.7 Å². The maximum atomic E-state index is 12.6. The zero-order chi connectivity index (χ0) is 13.9. The van der Waals surface area contributed by atoms with Crippen LogP contribution in [0.3, 0.4) is 0 Å². The molecule has 2 aliphatic rings. The number of nitriles is 1. The number of hydrogen-bond donors (Lipinski definition) is 0. The summed E-state index contributed by atoms with van der Waals surface area (Å²) in [4.78, 5) is 14.2. The van der Waals surface area contributed by atoms with Gasteiger partial charge in [0.05, 0.1) is 6.07 Å².